The van der Waals surface area contributed by atoms with E-state index in [9.17, 15) is 4.79 Å². The third-order valence-corrected chi connectivity index (χ3v) is 6.05. The van der Waals surface area contributed by atoms with E-state index in [-0.39, 0.29) is 23.1 Å². The Morgan fingerprint density at radius 2 is 1.95 bits per heavy atom. The van der Waals surface area contributed by atoms with Gasteiger partial charge in [0.1, 0.15) is 0 Å². The van der Waals surface area contributed by atoms with E-state index < -0.39 is 0 Å². The van der Waals surface area contributed by atoms with Gasteiger partial charge in [-0.2, -0.15) is 0 Å². The fraction of sp³-hybridized carbons (Fsp3) is 0.588. The molecule has 1 unspecified atom stereocenters. The smallest absolute Gasteiger partial charge is 0.236 e. The summed E-state index contributed by atoms with van der Waals surface area (Å²) in [5.41, 5.74) is 1.27. The number of thioether (sulfide) groups is 1. The van der Waals surface area contributed by atoms with Gasteiger partial charge in [0, 0.05) is 17.5 Å². The summed E-state index contributed by atoms with van der Waals surface area (Å²) in [6, 6.07) is 8.86. The lowest BCUT2D eigenvalue weighted by Crippen LogP contribution is -2.47. The third-order valence-electron chi connectivity index (χ3n) is 4.55. The van der Waals surface area contributed by atoms with E-state index in [1.54, 1.807) is 11.8 Å². The molecule has 0 bridgehead atoms. The van der Waals surface area contributed by atoms with Crippen LogP contribution in [0.25, 0.3) is 0 Å². The van der Waals surface area contributed by atoms with Crippen molar-refractivity contribution in [1.82, 2.24) is 10.6 Å². The molecule has 2 fully saturated rings. The molecule has 3 rings (SSSR count). The Morgan fingerprint density at radius 1 is 1.27 bits per heavy atom. The molecule has 2 N–H and O–H groups in total. The van der Waals surface area contributed by atoms with Crippen LogP contribution in [0, 0.1) is 6.92 Å². The van der Waals surface area contributed by atoms with E-state index in [1.807, 2.05) is 0 Å². The zero-order valence-electron chi connectivity index (χ0n) is 13.1. The highest BCUT2D eigenvalue weighted by Gasteiger charge is 2.42. The third kappa shape index (κ3) is 3.98. The number of halogens is 1. The molecule has 1 atom stereocenters. The lowest BCUT2D eigenvalue weighted by molar-refractivity contribution is -0.123. The lowest BCUT2D eigenvalue weighted by atomic mass is 10.1. The van der Waals surface area contributed by atoms with E-state index in [1.165, 1.54) is 10.5 Å². The zero-order valence-corrected chi connectivity index (χ0v) is 14.7. The molecule has 1 heterocycles. The zero-order chi connectivity index (χ0) is 14.7. The molecule has 5 heteroatoms. The van der Waals surface area contributed by atoms with Gasteiger partial charge in [0.15, 0.2) is 0 Å². The Bertz CT molecular complexity index is 494. The van der Waals surface area contributed by atoms with Crippen molar-refractivity contribution in [3.8, 4) is 0 Å². The molecule has 122 valence electrons. The Balaban J connectivity index is 0.00000176. The highest BCUT2D eigenvalue weighted by Crippen LogP contribution is 2.45. The van der Waals surface area contributed by atoms with Crippen LogP contribution in [0.2, 0.25) is 0 Å². The SMILES string of the molecule is Cc1ccc(SC2(C(=O)NC3CCNC3)CCCC2)cc1.Cl. The molecule has 0 spiro atoms. The van der Waals surface area contributed by atoms with E-state index in [4.69, 9.17) is 0 Å². The minimum Gasteiger partial charge on any atom is -0.351 e. The molecule has 3 nitrogen and oxygen atoms in total. The monoisotopic (exact) mass is 340 g/mol. The van der Waals surface area contributed by atoms with Crippen LogP contribution in [0.1, 0.15) is 37.7 Å². The van der Waals surface area contributed by atoms with Crippen molar-refractivity contribution in [2.75, 3.05) is 13.1 Å². The van der Waals surface area contributed by atoms with Crippen molar-refractivity contribution in [2.45, 2.75) is 54.7 Å². The van der Waals surface area contributed by atoms with E-state index in [0.717, 1.165) is 45.2 Å². The molecular weight excluding hydrogens is 316 g/mol. The molecule has 22 heavy (non-hydrogen) atoms. The predicted molar refractivity (Wildman–Crippen MR) is 94.9 cm³/mol. The number of benzene rings is 1. The molecular formula is C17H25ClN2OS. The van der Waals surface area contributed by atoms with Crippen LogP contribution in [0.15, 0.2) is 29.2 Å². The molecule has 0 radical (unpaired) electrons. The quantitative estimate of drug-likeness (QED) is 0.883. The summed E-state index contributed by atoms with van der Waals surface area (Å²) in [4.78, 5) is 14.0. The molecule has 1 aliphatic heterocycles. The highest BCUT2D eigenvalue weighted by atomic mass is 35.5. The number of aryl methyl sites for hydroxylation is 1. The first-order chi connectivity index (χ1) is 10.2. The fourth-order valence-electron chi connectivity index (χ4n) is 3.25. The minimum absolute atomic E-state index is 0. The summed E-state index contributed by atoms with van der Waals surface area (Å²) in [6.07, 6.45) is 5.37. The number of carbonyl (C=O) groups excluding carboxylic acids is 1. The molecule has 1 aromatic rings. The maximum atomic E-state index is 12.8. The van der Waals surface area contributed by atoms with E-state index in [0.29, 0.717) is 6.04 Å². The number of carbonyl (C=O) groups is 1. The van der Waals surface area contributed by atoms with E-state index in [2.05, 4.69) is 41.8 Å². The van der Waals surface area contributed by atoms with Crippen molar-refractivity contribution in [3.63, 3.8) is 0 Å². The maximum Gasteiger partial charge on any atom is 0.236 e. The van der Waals surface area contributed by atoms with Crippen molar-refractivity contribution in [3.05, 3.63) is 29.8 Å². The molecule has 1 aliphatic carbocycles. The van der Waals surface area contributed by atoms with Crippen LogP contribution in [0.4, 0.5) is 0 Å². The average Bonchev–Trinajstić information content (AvgIpc) is 3.14. The van der Waals surface area contributed by atoms with Gasteiger partial charge in [0.2, 0.25) is 5.91 Å². The first-order valence-corrected chi connectivity index (χ1v) is 8.77. The Kier molecular flexibility index (Phi) is 6.18. The van der Waals surface area contributed by atoms with Gasteiger partial charge in [-0.25, -0.2) is 0 Å². The van der Waals surface area contributed by atoms with Gasteiger partial charge in [-0.15, -0.1) is 24.2 Å². The summed E-state index contributed by atoms with van der Waals surface area (Å²) in [7, 11) is 0. The normalized spacial score (nSPS) is 23.0. The molecule has 1 saturated carbocycles. The number of amides is 1. The van der Waals surface area contributed by atoms with Crippen LogP contribution in [0.5, 0.6) is 0 Å². The summed E-state index contributed by atoms with van der Waals surface area (Å²) in [5, 5.41) is 6.59. The molecule has 1 aromatic carbocycles. The van der Waals surface area contributed by atoms with Crippen molar-refractivity contribution < 1.29 is 4.79 Å². The van der Waals surface area contributed by atoms with Crippen molar-refractivity contribution in [2.24, 2.45) is 0 Å². The van der Waals surface area contributed by atoms with Crippen LogP contribution >= 0.6 is 24.2 Å². The lowest BCUT2D eigenvalue weighted by Gasteiger charge is -2.28. The first-order valence-electron chi connectivity index (χ1n) is 7.95. The van der Waals surface area contributed by atoms with Crippen LogP contribution in [0.3, 0.4) is 0 Å². The maximum absolute atomic E-state index is 12.8. The Labute approximate surface area is 143 Å². The Hall–Kier alpha value is -0.710. The number of hydrogen-bond acceptors (Lipinski definition) is 3. The molecule has 2 aliphatic rings. The predicted octanol–water partition coefficient (Wildman–Crippen LogP) is 3.30. The topological polar surface area (TPSA) is 41.1 Å². The summed E-state index contributed by atoms with van der Waals surface area (Å²) in [5.74, 6) is 0.249. The van der Waals surface area contributed by atoms with Crippen molar-refractivity contribution in [1.29, 1.82) is 0 Å². The van der Waals surface area contributed by atoms with Gasteiger partial charge in [0.05, 0.1) is 4.75 Å². The number of nitrogens with one attached hydrogen (secondary N) is 2. The standard InChI is InChI=1S/C17H24N2OS.ClH/c1-13-4-6-15(7-5-13)21-17(9-2-3-10-17)16(20)19-14-8-11-18-12-14;/h4-7,14,18H,2-3,8-12H2,1H3,(H,19,20);1H. The number of rotatable bonds is 4. The second-order valence-electron chi connectivity index (χ2n) is 6.28. The van der Waals surface area contributed by atoms with Gasteiger partial charge in [-0.05, 0) is 44.9 Å². The first kappa shape index (κ1) is 17.6. The van der Waals surface area contributed by atoms with Gasteiger partial charge in [-0.3, -0.25) is 4.79 Å². The van der Waals surface area contributed by atoms with Gasteiger partial charge in [0.25, 0.3) is 0 Å². The highest BCUT2D eigenvalue weighted by molar-refractivity contribution is 8.01. The summed E-state index contributed by atoms with van der Waals surface area (Å²) >= 11 is 1.77. The minimum atomic E-state index is -0.252. The van der Waals surface area contributed by atoms with Crippen molar-refractivity contribution >= 4 is 30.1 Å². The second-order valence-corrected chi connectivity index (χ2v) is 7.74. The van der Waals surface area contributed by atoms with E-state index >= 15 is 0 Å². The average molecular weight is 341 g/mol. The van der Waals surface area contributed by atoms with Gasteiger partial charge in [-0.1, -0.05) is 30.5 Å². The second kappa shape index (κ2) is 7.71. The number of hydrogen-bond donors (Lipinski definition) is 2. The fourth-order valence-corrected chi connectivity index (χ4v) is 4.62. The van der Waals surface area contributed by atoms with Crippen LogP contribution in [-0.4, -0.2) is 29.8 Å². The largest absolute Gasteiger partial charge is 0.351 e. The van der Waals surface area contributed by atoms with Crippen LogP contribution in [-0.2, 0) is 4.79 Å². The summed E-state index contributed by atoms with van der Waals surface area (Å²) < 4.78 is -0.252. The van der Waals surface area contributed by atoms with Gasteiger partial charge < -0.3 is 10.6 Å². The molecule has 1 saturated heterocycles. The van der Waals surface area contributed by atoms with Crippen LogP contribution < -0.4 is 10.6 Å². The van der Waals surface area contributed by atoms with Gasteiger partial charge >= 0.3 is 0 Å². The Morgan fingerprint density at radius 3 is 2.55 bits per heavy atom. The molecule has 0 aromatic heterocycles. The summed E-state index contributed by atoms with van der Waals surface area (Å²) in [6.45, 7) is 4.03. The molecule has 1 amide bonds.